The van der Waals surface area contributed by atoms with Gasteiger partial charge in [-0.15, -0.1) is 0 Å². The molecule has 0 saturated heterocycles. The van der Waals surface area contributed by atoms with Crippen LogP contribution in [0, 0.1) is 23.2 Å². The smallest absolute Gasteiger partial charge is 0.139 e. The van der Waals surface area contributed by atoms with Gasteiger partial charge in [0.1, 0.15) is 5.78 Å². The zero-order valence-corrected chi connectivity index (χ0v) is 7.68. The van der Waals surface area contributed by atoms with Gasteiger partial charge in [-0.3, -0.25) is 4.79 Å². The molecule has 0 aromatic carbocycles. The zero-order chi connectivity index (χ0) is 8.34. The van der Waals surface area contributed by atoms with Gasteiger partial charge < -0.3 is 0 Å². The number of hydrogen-bond acceptors (Lipinski definition) is 1. The van der Waals surface area contributed by atoms with Crippen molar-refractivity contribution in [2.45, 2.75) is 39.0 Å². The van der Waals surface area contributed by atoms with E-state index >= 15 is 0 Å². The molecule has 66 valence electrons. The van der Waals surface area contributed by atoms with Gasteiger partial charge in [-0.25, -0.2) is 0 Å². The third-order valence-electron chi connectivity index (χ3n) is 4.84. The highest BCUT2D eigenvalue weighted by Crippen LogP contribution is 2.64. The zero-order valence-electron chi connectivity index (χ0n) is 7.68. The molecule has 0 aromatic rings. The van der Waals surface area contributed by atoms with Crippen LogP contribution in [0.3, 0.4) is 0 Å². The van der Waals surface area contributed by atoms with Crippen LogP contribution in [0.2, 0.25) is 0 Å². The van der Waals surface area contributed by atoms with Crippen LogP contribution in [0.1, 0.15) is 39.0 Å². The van der Waals surface area contributed by atoms with Crippen molar-refractivity contribution < 1.29 is 4.79 Å². The summed E-state index contributed by atoms with van der Waals surface area (Å²) in [5.41, 5.74) is 0.444. The molecule has 0 spiro atoms. The van der Waals surface area contributed by atoms with Gasteiger partial charge in [0.05, 0.1) is 0 Å². The summed E-state index contributed by atoms with van der Waals surface area (Å²) in [6.07, 6.45) is 6.38. The van der Waals surface area contributed by atoms with Gasteiger partial charge in [-0.2, -0.15) is 0 Å². The van der Waals surface area contributed by atoms with Gasteiger partial charge in [0.2, 0.25) is 0 Å². The highest BCUT2D eigenvalue weighted by molar-refractivity contribution is 5.88. The molecule has 1 heteroatoms. The predicted molar refractivity (Wildman–Crippen MR) is 46.7 cm³/mol. The second kappa shape index (κ2) is 1.94. The molecule has 3 saturated carbocycles. The van der Waals surface area contributed by atoms with Crippen LogP contribution in [-0.4, -0.2) is 5.78 Å². The molecule has 3 aliphatic rings. The fourth-order valence-corrected chi connectivity index (χ4v) is 4.21. The van der Waals surface area contributed by atoms with E-state index in [1.807, 2.05) is 0 Å². The molecule has 0 radical (unpaired) electrons. The molecule has 0 aromatic heterocycles. The summed E-state index contributed by atoms with van der Waals surface area (Å²) in [7, 11) is 0. The first-order valence-electron chi connectivity index (χ1n) is 5.27. The lowest BCUT2D eigenvalue weighted by atomic mass is 9.66. The molecule has 3 rings (SSSR count). The summed E-state index contributed by atoms with van der Waals surface area (Å²) in [5, 5.41) is 0. The Balaban J connectivity index is 2.10. The molecule has 12 heavy (non-hydrogen) atoms. The molecule has 4 bridgehead atoms. The number of hydrogen-bond donors (Lipinski definition) is 0. The molecule has 3 fully saturated rings. The predicted octanol–water partition coefficient (Wildman–Crippen LogP) is 2.40. The lowest BCUT2D eigenvalue weighted by Gasteiger charge is -2.37. The number of Topliss-reactive ketones (excluding diaryl/α,β-unsaturated/α-hetero) is 1. The number of carbonyl (C=O) groups excluding carboxylic acids is 1. The Morgan fingerprint density at radius 1 is 1.33 bits per heavy atom. The Bertz CT molecular complexity index is 245. The maximum absolute atomic E-state index is 11.9. The maximum atomic E-state index is 11.9. The second-order valence-corrected chi connectivity index (χ2v) is 5.14. The van der Waals surface area contributed by atoms with Crippen molar-refractivity contribution in [3.05, 3.63) is 0 Å². The maximum Gasteiger partial charge on any atom is 0.139 e. The minimum absolute atomic E-state index is 0.444. The number of rotatable bonds is 0. The molecule has 0 aliphatic heterocycles. The monoisotopic (exact) mass is 164 g/mol. The topological polar surface area (TPSA) is 17.1 Å². The van der Waals surface area contributed by atoms with E-state index in [9.17, 15) is 4.79 Å². The average molecular weight is 164 g/mol. The first-order valence-corrected chi connectivity index (χ1v) is 5.27. The molecule has 0 N–H and O–H groups in total. The Morgan fingerprint density at radius 2 is 2.17 bits per heavy atom. The summed E-state index contributed by atoms with van der Waals surface area (Å²) < 4.78 is 0. The molecule has 4 atom stereocenters. The van der Waals surface area contributed by atoms with E-state index in [1.54, 1.807) is 0 Å². The van der Waals surface area contributed by atoms with Gasteiger partial charge >= 0.3 is 0 Å². The highest BCUT2D eigenvalue weighted by atomic mass is 16.1. The largest absolute Gasteiger partial charge is 0.299 e. The van der Waals surface area contributed by atoms with Crippen molar-refractivity contribution in [3.8, 4) is 0 Å². The normalized spacial score (nSPS) is 56.4. The Labute approximate surface area is 73.5 Å². The first-order chi connectivity index (χ1) is 5.73. The van der Waals surface area contributed by atoms with Crippen LogP contribution in [0.4, 0.5) is 0 Å². The van der Waals surface area contributed by atoms with Gasteiger partial charge in [-0.1, -0.05) is 13.3 Å². The minimum atomic E-state index is 0.444. The summed E-state index contributed by atoms with van der Waals surface area (Å²) in [5.74, 6) is 2.37. The van der Waals surface area contributed by atoms with Gasteiger partial charge in [0.15, 0.2) is 0 Å². The summed E-state index contributed by atoms with van der Waals surface area (Å²) in [6, 6.07) is 0. The van der Waals surface area contributed by atoms with E-state index in [0.29, 0.717) is 23.0 Å². The minimum Gasteiger partial charge on any atom is -0.299 e. The third kappa shape index (κ3) is 0.571. The van der Waals surface area contributed by atoms with Crippen molar-refractivity contribution in [1.29, 1.82) is 0 Å². The quantitative estimate of drug-likeness (QED) is 0.537. The summed E-state index contributed by atoms with van der Waals surface area (Å²) in [6.45, 7) is 2.37. The van der Waals surface area contributed by atoms with Crippen molar-refractivity contribution in [2.75, 3.05) is 0 Å². The third-order valence-corrected chi connectivity index (χ3v) is 4.84. The molecule has 0 heterocycles. The fourth-order valence-electron chi connectivity index (χ4n) is 4.21. The Hall–Kier alpha value is -0.330. The van der Waals surface area contributed by atoms with Crippen LogP contribution < -0.4 is 0 Å². The molecule has 1 nitrogen and oxygen atoms in total. The van der Waals surface area contributed by atoms with E-state index in [1.165, 1.54) is 32.1 Å². The Morgan fingerprint density at radius 3 is 2.83 bits per heavy atom. The van der Waals surface area contributed by atoms with Crippen molar-refractivity contribution in [1.82, 2.24) is 0 Å². The average Bonchev–Trinajstić information content (AvgIpc) is 2.40. The van der Waals surface area contributed by atoms with Crippen LogP contribution >= 0.6 is 0 Å². The van der Waals surface area contributed by atoms with E-state index < -0.39 is 0 Å². The van der Waals surface area contributed by atoms with Crippen LogP contribution in [-0.2, 0) is 4.79 Å². The standard InChI is InChI=1S/C11H16O/c1-11-6-5-7-8(11)3-2-4-9(11)10(7)12/h7-9H,2-6H2,1H3. The van der Waals surface area contributed by atoms with Crippen LogP contribution in [0.15, 0.2) is 0 Å². The lowest BCUT2D eigenvalue weighted by Crippen LogP contribution is -2.32. The molecule has 3 aliphatic carbocycles. The fraction of sp³-hybridized carbons (Fsp3) is 0.909. The van der Waals surface area contributed by atoms with Crippen LogP contribution in [0.25, 0.3) is 0 Å². The number of carbonyl (C=O) groups is 1. The number of ketones is 1. The molecular formula is C11H16O. The Kier molecular flexibility index (Phi) is 1.15. The summed E-state index contributed by atoms with van der Waals surface area (Å²) >= 11 is 0. The van der Waals surface area contributed by atoms with E-state index in [0.717, 1.165) is 5.92 Å². The SMILES string of the molecule is CC12CCC3C(=O)C1CCCC32. The van der Waals surface area contributed by atoms with E-state index in [4.69, 9.17) is 0 Å². The van der Waals surface area contributed by atoms with Gasteiger partial charge in [-0.05, 0) is 37.0 Å². The second-order valence-electron chi connectivity index (χ2n) is 5.14. The first kappa shape index (κ1) is 7.11. The van der Waals surface area contributed by atoms with Crippen molar-refractivity contribution >= 4 is 5.78 Å². The van der Waals surface area contributed by atoms with Gasteiger partial charge in [0, 0.05) is 11.8 Å². The van der Waals surface area contributed by atoms with Gasteiger partial charge in [0.25, 0.3) is 0 Å². The van der Waals surface area contributed by atoms with E-state index in [2.05, 4.69) is 6.92 Å². The molecular weight excluding hydrogens is 148 g/mol. The summed E-state index contributed by atoms with van der Waals surface area (Å²) in [4.78, 5) is 11.9. The van der Waals surface area contributed by atoms with E-state index in [-0.39, 0.29) is 0 Å². The molecule has 0 amide bonds. The highest BCUT2D eigenvalue weighted by Gasteiger charge is 2.62. The van der Waals surface area contributed by atoms with Crippen molar-refractivity contribution in [2.24, 2.45) is 23.2 Å². The lowest BCUT2D eigenvalue weighted by molar-refractivity contribution is -0.127. The van der Waals surface area contributed by atoms with Crippen LogP contribution in [0.5, 0.6) is 0 Å². The molecule has 4 unspecified atom stereocenters. The van der Waals surface area contributed by atoms with Crippen molar-refractivity contribution in [3.63, 3.8) is 0 Å².